The van der Waals surface area contributed by atoms with E-state index in [0.717, 1.165) is 11.1 Å². The van der Waals surface area contributed by atoms with Crippen LogP contribution >= 0.6 is 11.6 Å². The molecule has 0 amide bonds. The third-order valence-corrected chi connectivity index (χ3v) is 5.14. The Morgan fingerprint density at radius 2 is 1.79 bits per heavy atom. The number of oxazole rings is 1. The minimum Gasteiger partial charge on any atom is -0.449 e. The number of hydrogen-bond acceptors (Lipinski definition) is 4. The first-order valence-electron chi connectivity index (χ1n) is 7.17. The number of sulfonamides is 1. The van der Waals surface area contributed by atoms with Crippen LogP contribution in [0, 0.1) is 13.8 Å². The van der Waals surface area contributed by atoms with Gasteiger partial charge in [0.05, 0.1) is 15.6 Å². The van der Waals surface area contributed by atoms with Crippen LogP contribution in [0.25, 0.3) is 11.3 Å². The van der Waals surface area contributed by atoms with Crippen LogP contribution in [-0.4, -0.2) is 13.4 Å². The van der Waals surface area contributed by atoms with Gasteiger partial charge in [0.2, 0.25) is 0 Å². The van der Waals surface area contributed by atoms with Gasteiger partial charge in [0.1, 0.15) is 12.0 Å². The molecule has 0 fully saturated rings. The summed E-state index contributed by atoms with van der Waals surface area (Å²) in [6.45, 7) is 3.63. The molecule has 1 heterocycles. The molecule has 3 rings (SSSR count). The Morgan fingerprint density at radius 3 is 2.38 bits per heavy atom. The molecular weight excluding hydrogens is 348 g/mol. The predicted molar refractivity (Wildman–Crippen MR) is 93.7 cm³/mol. The normalized spacial score (nSPS) is 11.5. The van der Waals surface area contributed by atoms with Crippen LogP contribution in [-0.2, 0) is 10.0 Å². The number of anilines is 1. The summed E-state index contributed by atoms with van der Waals surface area (Å²) in [6, 6.07) is 11.5. The molecule has 0 radical (unpaired) electrons. The third kappa shape index (κ3) is 3.44. The van der Waals surface area contributed by atoms with Crippen molar-refractivity contribution in [2.45, 2.75) is 18.7 Å². The van der Waals surface area contributed by atoms with Gasteiger partial charge in [-0.2, -0.15) is 0 Å². The van der Waals surface area contributed by atoms with Crippen LogP contribution in [0.5, 0.6) is 0 Å². The van der Waals surface area contributed by atoms with E-state index in [1.54, 1.807) is 37.3 Å². The minimum absolute atomic E-state index is 0.142. The molecule has 0 bridgehead atoms. The summed E-state index contributed by atoms with van der Waals surface area (Å²) in [5.41, 5.74) is 2.74. The Balaban J connectivity index is 1.87. The third-order valence-electron chi connectivity index (χ3n) is 3.45. The summed E-state index contributed by atoms with van der Waals surface area (Å²) in [5, 5.41) is 0.355. The molecule has 0 unspecified atom stereocenters. The molecule has 7 heteroatoms. The highest BCUT2D eigenvalue weighted by Crippen LogP contribution is 2.26. The monoisotopic (exact) mass is 362 g/mol. The molecule has 24 heavy (non-hydrogen) atoms. The van der Waals surface area contributed by atoms with E-state index in [9.17, 15) is 8.42 Å². The zero-order valence-corrected chi connectivity index (χ0v) is 14.6. The van der Waals surface area contributed by atoms with Crippen LogP contribution in [0.3, 0.4) is 0 Å². The van der Waals surface area contributed by atoms with Crippen molar-refractivity contribution in [3.8, 4) is 11.3 Å². The fraction of sp³-hybridized carbons (Fsp3) is 0.118. The minimum atomic E-state index is -3.72. The van der Waals surface area contributed by atoms with Gasteiger partial charge in [0, 0.05) is 12.5 Å². The summed E-state index contributed by atoms with van der Waals surface area (Å²) in [6.07, 6.45) is 1.53. The largest absolute Gasteiger partial charge is 0.449 e. The van der Waals surface area contributed by atoms with Crippen LogP contribution in [0.15, 0.2) is 58.0 Å². The summed E-state index contributed by atoms with van der Waals surface area (Å²) in [4.78, 5) is 4.35. The summed E-state index contributed by atoms with van der Waals surface area (Å²) >= 11 is 6.08. The maximum Gasteiger partial charge on any atom is 0.261 e. The molecule has 0 atom stereocenters. The molecule has 0 spiro atoms. The first-order valence-corrected chi connectivity index (χ1v) is 9.03. The van der Waals surface area contributed by atoms with E-state index < -0.39 is 10.0 Å². The number of aryl methyl sites for hydroxylation is 2. The SMILES string of the molecule is Cc1ccc(NS(=O)(=O)c2ccc(-c3coc(C)n3)cc2)c(Cl)c1. The number of aromatic nitrogens is 1. The molecule has 5 nitrogen and oxygen atoms in total. The van der Waals surface area contributed by atoms with Gasteiger partial charge in [-0.15, -0.1) is 0 Å². The van der Waals surface area contributed by atoms with Crippen molar-refractivity contribution in [3.63, 3.8) is 0 Å². The summed E-state index contributed by atoms with van der Waals surface area (Å²) in [5.74, 6) is 0.553. The van der Waals surface area contributed by atoms with Gasteiger partial charge in [-0.3, -0.25) is 4.72 Å². The number of nitrogens with one attached hydrogen (secondary N) is 1. The summed E-state index contributed by atoms with van der Waals surface area (Å²) < 4.78 is 32.6. The van der Waals surface area contributed by atoms with Gasteiger partial charge in [-0.25, -0.2) is 13.4 Å². The fourth-order valence-electron chi connectivity index (χ4n) is 2.21. The van der Waals surface area contributed by atoms with E-state index in [0.29, 0.717) is 22.3 Å². The van der Waals surface area contributed by atoms with Crippen LogP contribution in [0.2, 0.25) is 5.02 Å². The second-order valence-electron chi connectivity index (χ2n) is 5.36. The van der Waals surface area contributed by atoms with Crippen molar-refractivity contribution in [1.82, 2.24) is 4.98 Å². The van der Waals surface area contributed by atoms with Gasteiger partial charge in [-0.05, 0) is 36.8 Å². The second-order valence-corrected chi connectivity index (χ2v) is 7.45. The van der Waals surface area contributed by atoms with Gasteiger partial charge in [0.15, 0.2) is 5.89 Å². The van der Waals surface area contributed by atoms with E-state index in [1.807, 2.05) is 6.92 Å². The standard InChI is InChI=1S/C17H15ClN2O3S/c1-11-3-8-16(15(18)9-11)20-24(21,22)14-6-4-13(5-7-14)17-10-23-12(2)19-17/h3-10,20H,1-2H3. The smallest absolute Gasteiger partial charge is 0.261 e. The van der Waals surface area contributed by atoms with Gasteiger partial charge >= 0.3 is 0 Å². The number of rotatable bonds is 4. The molecule has 1 aromatic heterocycles. The van der Waals surface area contributed by atoms with Crippen molar-refractivity contribution >= 4 is 27.3 Å². The van der Waals surface area contributed by atoms with Crippen LogP contribution in [0.4, 0.5) is 5.69 Å². The lowest BCUT2D eigenvalue weighted by molar-refractivity contribution is 0.521. The molecule has 0 aliphatic heterocycles. The highest BCUT2D eigenvalue weighted by molar-refractivity contribution is 7.92. The van der Waals surface area contributed by atoms with E-state index in [2.05, 4.69) is 9.71 Å². The summed E-state index contributed by atoms with van der Waals surface area (Å²) in [7, 11) is -3.72. The topological polar surface area (TPSA) is 72.2 Å². The van der Waals surface area contributed by atoms with Crippen molar-refractivity contribution in [1.29, 1.82) is 0 Å². The van der Waals surface area contributed by atoms with Crippen molar-refractivity contribution < 1.29 is 12.8 Å². The molecule has 1 N–H and O–H groups in total. The molecule has 0 aliphatic carbocycles. The molecule has 2 aromatic carbocycles. The highest BCUT2D eigenvalue weighted by Gasteiger charge is 2.16. The zero-order chi connectivity index (χ0) is 17.3. The van der Waals surface area contributed by atoms with E-state index >= 15 is 0 Å². The van der Waals surface area contributed by atoms with E-state index in [-0.39, 0.29) is 4.90 Å². The number of nitrogens with zero attached hydrogens (tertiary/aromatic N) is 1. The Hall–Kier alpha value is -2.31. The van der Waals surface area contributed by atoms with E-state index in [4.69, 9.17) is 16.0 Å². The fourth-order valence-corrected chi connectivity index (χ4v) is 3.63. The molecule has 124 valence electrons. The van der Waals surface area contributed by atoms with Crippen molar-refractivity contribution in [2.75, 3.05) is 4.72 Å². The van der Waals surface area contributed by atoms with Crippen molar-refractivity contribution in [3.05, 3.63) is 65.2 Å². The quantitative estimate of drug-likeness (QED) is 0.746. The second kappa shape index (κ2) is 6.30. The average molecular weight is 363 g/mol. The maximum absolute atomic E-state index is 12.5. The lowest BCUT2D eigenvalue weighted by Crippen LogP contribution is -2.13. The van der Waals surface area contributed by atoms with Crippen LogP contribution < -0.4 is 4.72 Å². The van der Waals surface area contributed by atoms with Gasteiger partial charge < -0.3 is 4.42 Å². The van der Waals surface area contributed by atoms with Gasteiger partial charge in [0.25, 0.3) is 10.0 Å². The molecule has 0 aliphatic rings. The first kappa shape index (κ1) is 16.5. The molecule has 0 saturated heterocycles. The average Bonchev–Trinajstić information content (AvgIpc) is 2.97. The zero-order valence-electron chi connectivity index (χ0n) is 13.1. The number of halogens is 1. The highest BCUT2D eigenvalue weighted by atomic mass is 35.5. The van der Waals surface area contributed by atoms with E-state index in [1.165, 1.54) is 18.4 Å². The predicted octanol–water partition coefficient (Wildman–Crippen LogP) is 4.41. The Kier molecular flexibility index (Phi) is 4.34. The molecular formula is C17H15ClN2O3S. The Labute approximate surface area is 145 Å². The lowest BCUT2D eigenvalue weighted by Gasteiger charge is -2.10. The number of benzene rings is 2. The van der Waals surface area contributed by atoms with Crippen molar-refractivity contribution in [2.24, 2.45) is 0 Å². The maximum atomic E-state index is 12.5. The number of hydrogen-bond donors (Lipinski definition) is 1. The van der Waals surface area contributed by atoms with Gasteiger partial charge in [-0.1, -0.05) is 29.8 Å². The first-order chi connectivity index (χ1) is 11.3. The Bertz CT molecular complexity index is 979. The molecule has 0 saturated carbocycles. The Morgan fingerprint density at radius 1 is 1.08 bits per heavy atom. The lowest BCUT2D eigenvalue weighted by atomic mass is 10.2. The molecule has 3 aromatic rings. The van der Waals surface area contributed by atoms with Crippen LogP contribution in [0.1, 0.15) is 11.5 Å².